The van der Waals surface area contributed by atoms with Crippen LogP contribution < -0.4 is 0 Å². The van der Waals surface area contributed by atoms with E-state index in [-0.39, 0.29) is 12.3 Å². The van der Waals surface area contributed by atoms with Crippen LogP contribution in [0.4, 0.5) is 3.89 Å². The van der Waals surface area contributed by atoms with Crippen LogP contribution in [0, 0.1) is 0 Å². The maximum atomic E-state index is 12.2. The minimum Gasteiger partial charge on any atom is -0.247 e. The molecule has 0 spiro atoms. The summed E-state index contributed by atoms with van der Waals surface area (Å²) in [5, 5.41) is 1.36. The predicted molar refractivity (Wildman–Crippen MR) is 48.8 cm³/mol. The molecule has 0 amide bonds. The van der Waals surface area contributed by atoms with Crippen molar-refractivity contribution in [2.75, 3.05) is 0 Å². The summed E-state index contributed by atoms with van der Waals surface area (Å²) in [6.07, 6.45) is 3.14. The van der Waals surface area contributed by atoms with Crippen LogP contribution in [0.3, 0.4) is 0 Å². The first kappa shape index (κ1) is 7.89. The lowest BCUT2D eigenvalue weighted by molar-refractivity contribution is 0.919. The molecule has 0 saturated carbocycles. The topological polar surface area (TPSA) is 17.8 Å². The molecule has 0 aliphatic rings. The summed E-state index contributed by atoms with van der Waals surface area (Å²) in [5.74, 6) is 0. The predicted octanol–water partition coefficient (Wildman–Crippen LogP) is 3.07. The second kappa shape index (κ2) is 2.95. The highest BCUT2D eigenvalue weighted by molar-refractivity contribution is 7.92. The number of fused-ring (bicyclic) bond motifs is 1. The molecule has 62 valence electrons. The van der Waals surface area contributed by atoms with Crippen LogP contribution >= 0.6 is 23.9 Å². The van der Waals surface area contributed by atoms with Crippen molar-refractivity contribution in [1.82, 2.24) is 8.96 Å². The third-order valence-electron chi connectivity index (χ3n) is 1.58. The van der Waals surface area contributed by atoms with Gasteiger partial charge in [-0.3, -0.25) is 0 Å². The zero-order valence-electron chi connectivity index (χ0n) is 5.87. The van der Waals surface area contributed by atoms with E-state index >= 15 is 0 Å². The molecule has 2 aromatic heterocycles. The number of hydrogen-bond donors (Lipinski definition) is 0. The van der Waals surface area contributed by atoms with Gasteiger partial charge in [0.05, 0.1) is 5.02 Å². The fourth-order valence-corrected chi connectivity index (χ4v) is 1.56. The Bertz CT molecular complexity index is 415. The lowest BCUT2D eigenvalue weighted by Gasteiger charge is -1.94. The van der Waals surface area contributed by atoms with Crippen molar-refractivity contribution in [3.8, 4) is 0 Å². The highest BCUT2D eigenvalue weighted by atomic mass is 35.5. The van der Waals surface area contributed by atoms with Gasteiger partial charge in [0.1, 0.15) is 0 Å². The molecule has 2 aromatic rings. The number of hydrogen-bond acceptors (Lipinski definition) is 2. The van der Waals surface area contributed by atoms with Crippen molar-refractivity contribution in [2.45, 2.75) is 0 Å². The van der Waals surface area contributed by atoms with Crippen LogP contribution in [0.2, 0.25) is 5.02 Å². The molecule has 0 fully saturated rings. The molecule has 0 aromatic carbocycles. The van der Waals surface area contributed by atoms with E-state index in [0.717, 1.165) is 5.39 Å². The number of halogens is 2. The Hall–Kier alpha value is -0.740. The van der Waals surface area contributed by atoms with E-state index in [1.807, 2.05) is 0 Å². The Morgan fingerprint density at radius 1 is 1.50 bits per heavy atom. The van der Waals surface area contributed by atoms with E-state index in [1.54, 1.807) is 24.5 Å². The van der Waals surface area contributed by atoms with Crippen molar-refractivity contribution in [1.29, 1.82) is 0 Å². The zero-order valence-corrected chi connectivity index (χ0v) is 7.44. The van der Waals surface area contributed by atoms with Crippen LogP contribution in [0.15, 0.2) is 24.5 Å². The third kappa shape index (κ3) is 1.07. The first-order valence-electron chi connectivity index (χ1n) is 3.23. The van der Waals surface area contributed by atoms with Crippen LogP contribution in [0.25, 0.3) is 11.0 Å². The number of rotatable bonds is 1. The second-order valence-electron chi connectivity index (χ2n) is 2.24. The van der Waals surface area contributed by atoms with E-state index in [9.17, 15) is 3.89 Å². The van der Waals surface area contributed by atoms with E-state index < -0.39 is 0 Å². The quantitative estimate of drug-likeness (QED) is 0.707. The number of pyridine rings is 1. The number of nitrogens with zero attached hydrogens (tertiary/aromatic N) is 2. The van der Waals surface area contributed by atoms with Gasteiger partial charge in [-0.1, -0.05) is 11.6 Å². The molecule has 0 aliphatic carbocycles. The van der Waals surface area contributed by atoms with Crippen molar-refractivity contribution >= 4 is 35.0 Å². The molecule has 0 atom stereocenters. The molecule has 0 aliphatic heterocycles. The van der Waals surface area contributed by atoms with E-state index in [0.29, 0.717) is 10.7 Å². The Morgan fingerprint density at radius 3 is 3.08 bits per heavy atom. The minimum absolute atomic E-state index is 0.109. The summed E-state index contributed by atoms with van der Waals surface area (Å²) >= 11 is 5.95. The smallest absolute Gasteiger partial charge is 0.171 e. The fourth-order valence-electron chi connectivity index (χ4n) is 1.04. The van der Waals surface area contributed by atoms with Gasteiger partial charge in [-0.25, -0.2) is 8.96 Å². The van der Waals surface area contributed by atoms with Gasteiger partial charge in [0.15, 0.2) is 18.0 Å². The summed E-state index contributed by atoms with van der Waals surface area (Å²) in [5.41, 5.74) is 0.551. The molecular weight excluding hydrogens is 199 g/mol. The number of aromatic nitrogens is 2. The Balaban J connectivity index is 2.80. The SMILES string of the molecule is FSn1ccc2c(Cl)ccnc21. The normalized spacial score (nSPS) is 10.8. The maximum absolute atomic E-state index is 12.2. The van der Waals surface area contributed by atoms with Crippen LogP contribution in [0.5, 0.6) is 0 Å². The first-order chi connectivity index (χ1) is 5.83. The van der Waals surface area contributed by atoms with Gasteiger partial charge in [-0.15, -0.1) is 3.89 Å². The van der Waals surface area contributed by atoms with Gasteiger partial charge in [0, 0.05) is 17.8 Å². The molecule has 2 rings (SSSR count). The average molecular weight is 203 g/mol. The van der Waals surface area contributed by atoms with Gasteiger partial charge < -0.3 is 0 Å². The molecule has 0 radical (unpaired) electrons. The average Bonchev–Trinajstić information content (AvgIpc) is 2.49. The summed E-state index contributed by atoms with van der Waals surface area (Å²) in [6, 6.07) is 3.41. The summed E-state index contributed by atoms with van der Waals surface area (Å²) in [4.78, 5) is 3.99. The Labute approximate surface area is 77.8 Å². The van der Waals surface area contributed by atoms with E-state index in [4.69, 9.17) is 11.6 Å². The molecule has 12 heavy (non-hydrogen) atoms. The zero-order chi connectivity index (χ0) is 8.55. The standard InChI is InChI=1S/C7H4ClFN2S/c8-6-1-3-10-7-5(6)2-4-11(7)12-9/h1-4H. The lowest BCUT2D eigenvalue weighted by atomic mass is 10.3. The van der Waals surface area contributed by atoms with Crippen molar-refractivity contribution < 1.29 is 3.89 Å². The summed E-state index contributed by atoms with van der Waals surface area (Å²) in [7, 11) is 0. The highest BCUT2D eigenvalue weighted by Gasteiger charge is 2.04. The highest BCUT2D eigenvalue weighted by Crippen LogP contribution is 2.25. The molecule has 0 bridgehead atoms. The Morgan fingerprint density at radius 2 is 2.33 bits per heavy atom. The molecule has 5 heteroatoms. The first-order valence-corrected chi connectivity index (χ1v) is 4.29. The molecule has 0 unspecified atom stereocenters. The van der Waals surface area contributed by atoms with Gasteiger partial charge in [0.25, 0.3) is 0 Å². The monoisotopic (exact) mass is 202 g/mol. The minimum atomic E-state index is 0.109. The van der Waals surface area contributed by atoms with Gasteiger partial charge >= 0.3 is 0 Å². The third-order valence-corrected chi connectivity index (χ3v) is 2.35. The maximum Gasteiger partial charge on any atom is 0.171 e. The molecule has 0 saturated heterocycles. The fraction of sp³-hybridized carbons (Fsp3) is 0. The van der Waals surface area contributed by atoms with Gasteiger partial charge in [-0.2, -0.15) is 0 Å². The van der Waals surface area contributed by atoms with Crippen LogP contribution in [0.1, 0.15) is 0 Å². The van der Waals surface area contributed by atoms with Crippen LogP contribution in [-0.4, -0.2) is 8.96 Å². The molecule has 2 heterocycles. The van der Waals surface area contributed by atoms with E-state index in [1.165, 1.54) is 3.97 Å². The van der Waals surface area contributed by atoms with Gasteiger partial charge in [-0.05, 0) is 12.1 Å². The molecular formula is C7H4ClFN2S. The molecule has 0 N–H and O–H groups in total. The lowest BCUT2D eigenvalue weighted by Crippen LogP contribution is -1.82. The largest absolute Gasteiger partial charge is 0.247 e. The van der Waals surface area contributed by atoms with Crippen molar-refractivity contribution in [3.05, 3.63) is 29.5 Å². The van der Waals surface area contributed by atoms with Crippen molar-refractivity contribution in [3.63, 3.8) is 0 Å². The Kier molecular flexibility index (Phi) is 1.94. The summed E-state index contributed by atoms with van der Waals surface area (Å²) < 4.78 is 13.5. The van der Waals surface area contributed by atoms with Gasteiger partial charge in [0.2, 0.25) is 0 Å². The van der Waals surface area contributed by atoms with Crippen LogP contribution in [-0.2, 0) is 0 Å². The van der Waals surface area contributed by atoms with Crippen molar-refractivity contribution in [2.24, 2.45) is 0 Å². The second-order valence-corrected chi connectivity index (χ2v) is 3.18. The van der Waals surface area contributed by atoms with E-state index in [2.05, 4.69) is 4.98 Å². The molecule has 2 nitrogen and oxygen atoms in total. The summed E-state index contributed by atoms with van der Waals surface area (Å²) in [6.45, 7) is 0.